The number of fused-ring (bicyclic) bond motifs is 1. The number of carbonyl (C=O) groups is 6. The molecule has 0 radical (unpaired) electrons. The minimum Gasteiger partial charge on any atom is -0.371 e. The molecule has 1 atom stereocenters. The number of carbonyl (C=O) groups excluding carboxylic acids is 6. The highest BCUT2D eigenvalue weighted by atomic mass is 16.2. The van der Waals surface area contributed by atoms with Gasteiger partial charge in [-0.2, -0.15) is 0 Å². The fourth-order valence-corrected chi connectivity index (χ4v) is 3.88. The van der Waals surface area contributed by atoms with Crippen LogP contribution in [0, 0.1) is 5.92 Å². The molecule has 3 heterocycles. The Morgan fingerprint density at radius 3 is 2.29 bits per heavy atom. The fraction of sp³-hybridized carbons (Fsp3) is 0.368. The third-order valence-corrected chi connectivity index (χ3v) is 5.41. The second-order valence-electron chi connectivity index (χ2n) is 7.13. The summed E-state index contributed by atoms with van der Waals surface area (Å²) in [5.41, 5.74) is 0.979. The van der Waals surface area contributed by atoms with Gasteiger partial charge >= 0.3 is 0 Å². The van der Waals surface area contributed by atoms with Crippen molar-refractivity contribution in [3.63, 3.8) is 0 Å². The molecule has 9 nitrogen and oxygen atoms in total. The van der Waals surface area contributed by atoms with E-state index in [1.54, 1.807) is 12.1 Å². The average Bonchev–Trinajstić information content (AvgIpc) is 2.92. The van der Waals surface area contributed by atoms with Crippen molar-refractivity contribution in [3.8, 4) is 0 Å². The Bertz CT molecular complexity index is 912. The van der Waals surface area contributed by atoms with E-state index in [2.05, 4.69) is 0 Å². The molecule has 3 aliphatic rings. The number of anilines is 1. The van der Waals surface area contributed by atoms with Crippen LogP contribution in [0.25, 0.3) is 0 Å². The summed E-state index contributed by atoms with van der Waals surface area (Å²) in [6.07, 6.45) is 1.83. The number of imide groups is 2. The summed E-state index contributed by atoms with van der Waals surface area (Å²) in [4.78, 5) is 74.6. The third kappa shape index (κ3) is 2.79. The van der Waals surface area contributed by atoms with E-state index in [0.717, 1.165) is 12.0 Å². The molecule has 0 aliphatic carbocycles. The Balaban J connectivity index is 1.61. The van der Waals surface area contributed by atoms with Crippen molar-refractivity contribution >= 4 is 41.4 Å². The normalized spacial score (nSPS) is 23.1. The molecule has 1 aromatic rings. The van der Waals surface area contributed by atoms with Crippen molar-refractivity contribution in [1.29, 1.82) is 0 Å². The van der Waals surface area contributed by atoms with Gasteiger partial charge < -0.3 is 9.69 Å². The lowest BCUT2D eigenvalue weighted by molar-refractivity contribution is -0.143. The van der Waals surface area contributed by atoms with Crippen LogP contribution < -0.4 is 10.2 Å². The van der Waals surface area contributed by atoms with Gasteiger partial charge in [0, 0.05) is 24.7 Å². The summed E-state index contributed by atoms with van der Waals surface area (Å²) < 4.78 is 0. The molecular weight excluding hydrogens is 366 g/mol. The van der Waals surface area contributed by atoms with E-state index in [-0.39, 0.29) is 17.0 Å². The van der Waals surface area contributed by atoms with Crippen LogP contribution in [-0.2, 0) is 19.2 Å². The summed E-state index contributed by atoms with van der Waals surface area (Å²) in [5.74, 6) is -3.92. The maximum Gasteiger partial charge on any atom is 0.262 e. The average molecular weight is 383 g/mol. The van der Waals surface area contributed by atoms with Crippen molar-refractivity contribution < 1.29 is 28.8 Å². The van der Waals surface area contributed by atoms with Gasteiger partial charge in [0.15, 0.2) is 11.8 Å². The number of piperidine rings is 2. The maximum absolute atomic E-state index is 12.8. The molecule has 4 rings (SSSR count). The van der Waals surface area contributed by atoms with Crippen LogP contribution in [0.4, 0.5) is 5.69 Å². The number of hydrogen-bond donors (Lipinski definition) is 1. The highest BCUT2D eigenvalue weighted by Gasteiger charge is 2.48. The van der Waals surface area contributed by atoms with Crippen LogP contribution in [0.1, 0.15) is 40.0 Å². The Labute approximate surface area is 159 Å². The van der Waals surface area contributed by atoms with E-state index in [1.807, 2.05) is 10.2 Å². The molecule has 1 unspecified atom stereocenters. The second kappa shape index (κ2) is 6.66. The molecule has 4 amide bonds. The van der Waals surface area contributed by atoms with Gasteiger partial charge in [-0.05, 0) is 31.0 Å². The van der Waals surface area contributed by atoms with Gasteiger partial charge in [-0.15, -0.1) is 0 Å². The zero-order chi connectivity index (χ0) is 20.0. The van der Waals surface area contributed by atoms with Gasteiger partial charge in [0.2, 0.25) is 5.91 Å². The van der Waals surface area contributed by atoms with Crippen molar-refractivity contribution in [1.82, 2.24) is 10.2 Å². The standard InChI is InChI=1S/C19H17N3O6/c23-9-10-3-5-21(6-4-10)11-1-2-12-13(7-11)19(28)22(18(12)27)16-14(24)8-15(25)20-17(16)26/h1-2,7,9-10,16H,3-6,8H2,(H,20,25,26). The molecule has 2 fully saturated rings. The molecule has 0 saturated carbocycles. The van der Waals surface area contributed by atoms with Crippen LogP contribution >= 0.6 is 0 Å². The minimum atomic E-state index is -1.63. The van der Waals surface area contributed by atoms with Crippen LogP contribution in [0.15, 0.2) is 18.2 Å². The summed E-state index contributed by atoms with van der Waals surface area (Å²) in [6, 6.07) is 3.17. The molecule has 28 heavy (non-hydrogen) atoms. The molecule has 2 saturated heterocycles. The van der Waals surface area contributed by atoms with E-state index in [9.17, 15) is 28.8 Å². The first-order valence-corrected chi connectivity index (χ1v) is 8.99. The lowest BCUT2D eigenvalue weighted by Gasteiger charge is -2.31. The fourth-order valence-electron chi connectivity index (χ4n) is 3.88. The van der Waals surface area contributed by atoms with E-state index in [0.29, 0.717) is 30.8 Å². The topological polar surface area (TPSA) is 121 Å². The van der Waals surface area contributed by atoms with Crippen LogP contribution in [0.5, 0.6) is 0 Å². The van der Waals surface area contributed by atoms with Crippen molar-refractivity contribution in [3.05, 3.63) is 29.3 Å². The summed E-state index contributed by atoms with van der Waals surface area (Å²) in [7, 11) is 0. The van der Waals surface area contributed by atoms with E-state index < -0.39 is 41.9 Å². The van der Waals surface area contributed by atoms with Crippen molar-refractivity contribution in [2.75, 3.05) is 18.0 Å². The summed E-state index contributed by atoms with van der Waals surface area (Å²) >= 11 is 0. The number of rotatable bonds is 3. The van der Waals surface area contributed by atoms with E-state index in [4.69, 9.17) is 0 Å². The number of hydrogen-bond acceptors (Lipinski definition) is 7. The smallest absolute Gasteiger partial charge is 0.262 e. The van der Waals surface area contributed by atoms with Crippen LogP contribution in [-0.4, -0.2) is 59.7 Å². The molecule has 3 aliphatic heterocycles. The van der Waals surface area contributed by atoms with Gasteiger partial charge in [-0.25, -0.2) is 0 Å². The van der Waals surface area contributed by atoms with Crippen molar-refractivity contribution in [2.24, 2.45) is 5.92 Å². The number of nitrogens with zero attached hydrogens (tertiary/aromatic N) is 2. The molecule has 1 N–H and O–H groups in total. The first-order chi connectivity index (χ1) is 13.4. The predicted molar refractivity (Wildman–Crippen MR) is 94.5 cm³/mol. The number of benzene rings is 1. The van der Waals surface area contributed by atoms with E-state index >= 15 is 0 Å². The molecule has 1 aromatic carbocycles. The lowest BCUT2D eigenvalue weighted by Crippen LogP contribution is -2.59. The largest absolute Gasteiger partial charge is 0.371 e. The zero-order valence-corrected chi connectivity index (χ0v) is 14.8. The van der Waals surface area contributed by atoms with Gasteiger partial charge in [0.05, 0.1) is 17.5 Å². The molecule has 9 heteroatoms. The molecule has 144 valence electrons. The monoisotopic (exact) mass is 383 g/mol. The Morgan fingerprint density at radius 1 is 0.964 bits per heavy atom. The number of amides is 4. The Kier molecular flexibility index (Phi) is 4.29. The number of ketones is 1. The molecule has 0 spiro atoms. The predicted octanol–water partition coefficient (Wildman–Crippen LogP) is -0.318. The number of Topliss-reactive ketones (excluding diaryl/α,β-unsaturated/α-hetero) is 1. The van der Waals surface area contributed by atoms with Gasteiger partial charge in [-0.1, -0.05) is 0 Å². The second-order valence-corrected chi connectivity index (χ2v) is 7.13. The quantitative estimate of drug-likeness (QED) is 0.431. The Morgan fingerprint density at radius 2 is 1.64 bits per heavy atom. The lowest BCUT2D eigenvalue weighted by atomic mass is 9.97. The summed E-state index contributed by atoms with van der Waals surface area (Å²) in [5, 5.41) is 2.00. The SMILES string of the molecule is O=CC1CCN(c2ccc3c(c2)C(=O)N(C2C(=O)CC(=O)NC2=O)C3=O)CC1. The Hall–Kier alpha value is -3.36. The van der Waals surface area contributed by atoms with Gasteiger partial charge in [0.25, 0.3) is 17.7 Å². The molecule has 0 aromatic heterocycles. The number of aldehydes is 1. The van der Waals surface area contributed by atoms with Crippen LogP contribution in [0.2, 0.25) is 0 Å². The first kappa shape index (κ1) is 18.0. The van der Waals surface area contributed by atoms with Crippen LogP contribution in [0.3, 0.4) is 0 Å². The minimum absolute atomic E-state index is 0.0305. The third-order valence-electron chi connectivity index (χ3n) is 5.41. The maximum atomic E-state index is 12.8. The highest BCUT2D eigenvalue weighted by molar-refractivity contribution is 6.29. The van der Waals surface area contributed by atoms with Gasteiger partial charge in [0.1, 0.15) is 6.29 Å². The molecular formula is C19H17N3O6. The zero-order valence-electron chi connectivity index (χ0n) is 14.8. The van der Waals surface area contributed by atoms with Gasteiger partial charge in [-0.3, -0.25) is 34.2 Å². The highest BCUT2D eigenvalue weighted by Crippen LogP contribution is 2.31. The number of nitrogens with one attached hydrogen (secondary N) is 1. The first-order valence-electron chi connectivity index (χ1n) is 8.99. The summed E-state index contributed by atoms with van der Waals surface area (Å²) in [6.45, 7) is 1.30. The van der Waals surface area contributed by atoms with Crippen molar-refractivity contribution in [2.45, 2.75) is 25.3 Å². The van der Waals surface area contributed by atoms with E-state index in [1.165, 1.54) is 6.07 Å². The molecule has 0 bridgehead atoms.